The van der Waals surface area contributed by atoms with E-state index in [2.05, 4.69) is 15.0 Å². The van der Waals surface area contributed by atoms with Gasteiger partial charge in [0.15, 0.2) is 11.6 Å². The van der Waals surface area contributed by atoms with E-state index in [4.69, 9.17) is 0 Å². The fraction of sp³-hybridized carbons (Fsp3) is 0.458. The molecule has 1 aliphatic carbocycles. The van der Waals surface area contributed by atoms with Crippen LogP contribution in [0.25, 0.3) is 0 Å². The molecule has 0 spiro atoms. The number of sulfonamides is 1. The number of carbonyl (C=O) groups is 2. The first kappa shape index (κ1) is 27.8. The van der Waals surface area contributed by atoms with Crippen molar-refractivity contribution in [3.8, 4) is 0 Å². The topological polar surface area (TPSA) is 120 Å². The first-order valence-electron chi connectivity index (χ1n) is 11.9. The minimum atomic E-state index is -4.78. The Labute approximate surface area is 217 Å². The maximum Gasteiger partial charge on any atom is 0.417 e. The molecular weight excluding hydrogens is 530 g/mol. The molecule has 4 rings (SSSR count). The Balaban J connectivity index is 1.40. The number of anilines is 2. The smallest absolute Gasteiger partial charge is 0.326 e. The number of pyridine rings is 1. The lowest BCUT2D eigenvalue weighted by molar-refractivity contribution is -0.138. The van der Waals surface area contributed by atoms with Crippen LogP contribution in [-0.2, 0) is 26.4 Å². The van der Waals surface area contributed by atoms with Crippen molar-refractivity contribution in [2.24, 2.45) is 0 Å². The Hall–Kier alpha value is -3.26. The van der Waals surface area contributed by atoms with E-state index in [1.165, 1.54) is 4.90 Å². The van der Waals surface area contributed by atoms with Crippen LogP contribution in [0.5, 0.6) is 0 Å². The predicted molar refractivity (Wildman–Crippen MR) is 132 cm³/mol. The van der Waals surface area contributed by atoms with Crippen LogP contribution in [0.1, 0.15) is 43.2 Å². The van der Waals surface area contributed by atoms with Gasteiger partial charge < -0.3 is 10.2 Å². The first-order valence-corrected chi connectivity index (χ1v) is 13.8. The van der Waals surface area contributed by atoms with Crippen LogP contribution in [0.15, 0.2) is 36.5 Å². The number of piperidine rings is 1. The second kappa shape index (κ2) is 10.5. The van der Waals surface area contributed by atoms with Crippen molar-refractivity contribution in [2.45, 2.75) is 49.7 Å². The Morgan fingerprint density at radius 2 is 1.87 bits per heavy atom. The summed E-state index contributed by atoms with van der Waals surface area (Å²) in [6.45, 7) is 0.706. The van der Waals surface area contributed by atoms with E-state index < -0.39 is 51.4 Å². The summed E-state index contributed by atoms with van der Waals surface area (Å²) in [5.41, 5.74) is -0.0167. The lowest BCUT2D eigenvalue weighted by Crippen LogP contribution is -2.53. The van der Waals surface area contributed by atoms with E-state index in [0.717, 1.165) is 31.1 Å². The molecule has 2 fully saturated rings. The number of nitrogens with zero attached hydrogens (tertiary/aromatic N) is 2. The van der Waals surface area contributed by atoms with Crippen molar-refractivity contribution in [3.05, 3.63) is 53.5 Å². The highest BCUT2D eigenvalue weighted by molar-refractivity contribution is 7.88. The molecule has 3 N–H and O–H groups in total. The molecule has 1 aliphatic heterocycles. The molecule has 1 atom stereocenters. The van der Waals surface area contributed by atoms with Crippen molar-refractivity contribution in [1.82, 2.24) is 15.0 Å². The SMILES string of the molecule is CS(=O)(=O)NCC1(c2ccc(N3CCC[C@@H](NC(=O)Nc4ncc(C(F)(F)F)cc4F)C3=O)cc2)CCC1. The third-order valence-electron chi connectivity index (χ3n) is 6.92. The van der Waals surface area contributed by atoms with Crippen molar-refractivity contribution >= 4 is 33.5 Å². The highest BCUT2D eigenvalue weighted by Gasteiger charge is 2.39. The van der Waals surface area contributed by atoms with Gasteiger partial charge in [0.25, 0.3) is 0 Å². The Kier molecular flexibility index (Phi) is 7.66. The Morgan fingerprint density at radius 1 is 1.18 bits per heavy atom. The molecule has 0 radical (unpaired) electrons. The molecule has 0 bridgehead atoms. The van der Waals surface area contributed by atoms with Gasteiger partial charge in [-0.25, -0.2) is 27.3 Å². The number of urea groups is 1. The maximum atomic E-state index is 14.0. The second-order valence-electron chi connectivity index (χ2n) is 9.61. The zero-order chi connectivity index (χ0) is 27.7. The standard InChI is InChI=1S/C24H27F4N5O4S/c1-38(36,37)30-14-23(9-3-10-23)15-5-7-17(8-6-15)33-11-2-4-19(21(33)34)31-22(35)32-20-18(25)12-16(13-29-20)24(26,27)28/h5-8,12-13,19,30H,2-4,9-11,14H2,1H3,(H2,29,31,32,35)/t19-/m1/s1. The van der Waals surface area contributed by atoms with Crippen LogP contribution in [0.2, 0.25) is 0 Å². The number of amides is 3. The van der Waals surface area contributed by atoms with E-state index in [9.17, 15) is 35.6 Å². The van der Waals surface area contributed by atoms with Crippen molar-refractivity contribution in [2.75, 3.05) is 29.6 Å². The number of carbonyl (C=O) groups excluding carboxylic acids is 2. The Morgan fingerprint density at radius 3 is 2.42 bits per heavy atom. The normalized spacial score (nSPS) is 19.6. The Bertz CT molecular complexity index is 1310. The molecule has 3 amide bonds. The number of aromatic nitrogens is 1. The summed E-state index contributed by atoms with van der Waals surface area (Å²) >= 11 is 0. The number of benzene rings is 1. The lowest BCUT2D eigenvalue weighted by Gasteiger charge is -2.42. The van der Waals surface area contributed by atoms with Gasteiger partial charge in [0.2, 0.25) is 15.9 Å². The zero-order valence-electron chi connectivity index (χ0n) is 20.4. The van der Waals surface area contributed by atoms with Gasteiger partial charge in [-0.2, -0.15) is 13.2 Å². The molecule has 2 aliphatic rings. The fourth-order valence-electron chi connectivity index (χ4n) is 4.69. The molecule has 14 heteroatoms. The zero-order valence-corrected chi connectivity index (χ0v) is 21.3. The molecule has 2 heterocycles. The summed E-state index contributed by atoms with van der Waals surface area (Å²) in [4.78, 5) is 30.3. The lowest BCUT2D eigenvalue weighted by atomic mass is 9.64. The van der Waals surface area contributed by atoms with Gasteiger partial charge in [-0.05, 0) is 49.4 Å². The number of rotatable bonds is 7. The third kappa shape index (κ3) is 6.23. The number of hydrogen-bond donors (Lipinski definition) is 3. The maximum absolute atomic E-state index is 14.0. The average molecular weight is 558 g/mol. The van der Waals surface area contributed by atoms with Crippen molar-refractivity contribution in [1.29, 1.82) is 0 Å². The minimum Gasteiger partial charge on any atom is -0.326 e. The second-order valence-corrected chi connectivity index (χ2v) is 11.4. The number of nitrogens with one attached hydrogen (secondary N) is 3. The minimum absolute atomic E-state index is 0.227. The van der Waals surface area contributed by atoms with Gasteiger partial charge in [0.1, 0.15) is 6.04 Å². The van der Waals surface area contributed by atoms with E-state index in [1.807, 2.05) is 17.4 Å². The molecule has 9 nitrogen and oxygen atoms in total. The molecular formula is C24H27F4N5O4S. The van der Waals surface area contributed by atoms with Crippen LogP contribution in [-0.4, -0.2) is 50.7 Å². The highest BCUT2D eigenvalue weighted by atomic mass is 32.2. The average Bonchev–Trinajstić information content (AvgIpc) is 2.80. The fourth-order valence-corrected chi connectivity index (χ4v) is 5.23. The van der Waals surface area contributed by atoms with E-state index in [0.29, 0.717) is 37.8 Å². The number of alkyl halides is 3. The number of hydrogen-bond acceptors (Lipinski definition) is 5. The molecule has 1 aromatic carbocycles. The third-order valence-corrected chi connectivity index (χ3v) is 7.59. The predicted octanol–water partition coefficient (Wildman–Crippen LogP) is 3.53. The van der Waals surface area contributed by atoms with E-state index in [1.54, 1.807) is 12.1 Å². The summed E-state index contributed by atoms with van der Waals surface area (Å²) in [5, 5.41) is 4.49. The molecule has 1 saturated carbocycles. The number of halogens is 4. The molecule has 38 heavy (non-hydrogen) atoms. The first-order chi connectivity index (χ1) is 17.8. The van der Waals surface area contributed by atoms with Gasteiger partial charge in [-0.15, -0.1) is 0 Å². The molecule has 0 unspecified atom stereocenters. The highest BCUT2D eigenvalue weighted by Crippen LogP contribution is 2.44. The molecule has 2 aromatic rings. The van der Waals surface area contributed by atoms with Gasteiger partial charge in [0.05, 0.1) is 11.8 Å². The summed E-state index contributed by atoms with van der Waals surface area (Å²) in [6.07, 6.45) is 0.291. The van der Waals surface area contributed by atoms with Gasteiger partial charge in [-0.3, -0.25) is 10.1 Å². The van der Waals surface area contributed by atoms with E-state index in [-0.39, 0.29) is 11.5 Å². The van der Waals surface area contributed by atoms with Crippen LogP contribution >= 0.6 is 0 Å². The summed E-state index contributed by atoms with van der Waals surface area (Å²) < 4.78 is 77.8. The van der Waals surface area contributed by atoms with Crippen LogP contribution in [0.3, 0.4) is 0 Å². The van der Waals surface area contributed by atoms with Gasteiger partial charge in [0, 0.05) is 30.4 Å². The van der Waals surface area contributed by atoms with Crippen molar-refractivity contribution in [3.63, 3.8) is 0 Å². The quantitative estimate of drug-likeness (QED) is 0.450. The monoisotopic (exact) mass is 557 g/mol. The van der Waals surface area contributed by atoms with Crippen molar-refractivity contribution < 1.29 is 35.6 Å². The van der Waals surface area contributed by atoms with Gasteiger partial charge >= 0.3 is 12.2 Å². The van der Waals surface area contributed by atoms with Crippen LogP contribution < -0.4 is 20.3 Å². The van der Waals surface area contributed by atoms with E-state index >= 15 is 0 Å². The van der Waals surface area contributed by atoms with Gasteiger partial charge in [-0.1, -0.05) is 18.6 Å². The molecule has 1 saturated heterocycles. The van der Waals surface area contributed by atoms with Crippen LogP contribution in [0, 0.1) is 5.82 Å². The summed E-state index contributed by atoms with van der Waals surface area (Å²) in [6, 6.07) is 5.61. The summed E-state index contributed by atoms with van der Waals surface area (Å²) in [5.74, 6) is -2.44. The molecule has 206 valence electrons. The molecule has 1 aromatic heterocycles. The summed E-state index contributed by atoms with van der Waals surface area (Å²) in [7, 11) is -3.33. The van der Waals surface area contributed by atoms with Crippen LogP contribution in [0.4, 0.5) is 33.9 Å². The largest absolute Gasteiger partial charge is 0.417 e.